The fourth-order valence-electron chi connectivity index (χ4n) is 4.59. The Bertz CT molecular complexity index is 1420. The Labute approximate surface area is 221 Å². The van der Waals surface area contributed by atoms with E-state index in [1.807, 2.05) is 19.9 Å². The molecule has 1 aliphatic heterocycles. The average molecular weight is 524 g/mol. The molecule has 0 radical (unpaired) electrons. The Balaban J connectivity index is 1.48. The minimum absolute atomic E-state index is 0.0295. The van der Waals surface area contributed by atoms with Gasteiger partial charge in [0.05, 0.1) is 43.2 Å². The van der Waals surface area contributed by atoms with Gasteiger partial charge in [-0.2, -0.15) is 0 Å². The van der Waals surface area contributed by atoms with E-state index in [2.05, 4.69) is 5.32 Å². The molecule has 2 aromatic carbocycles. The molecule has 1 aromatic heterocycles. The number of aryl methyl sites for hydroxylation is 2. The Morgan fingerprint density at radius 3 is 2.50 bits per heavy atom. The smallest absolute Gasteiger partial charge is 0.340 e. The van der Waals surface area contributed by atoms with Crippen LogP contribution in [0.5, 0.6) is 17.2 Å². The fourth-order valence-corrected chi connectivity index (χ4v) is 4.59. The number of esters is 1. The van der Waals surface area contributed by atoms with Gasteiger partial charge in [0.25, 0.3) is 0 Å². The summed E-state index contributed by atoms with van der Waals surface area (Å²) in [5, 5.41) is 3.43. The van der Waals surface area contributed by atoms with Gasteiger partial charge in [0, 0.05) is 11.6 Å². The molecule has 9 nitrogen and oxygen atoms in total. The van der Waals surface area contributed by atoms with Gasteiger partial charge in [-0.25, -0.2) is 9.59 Å². The number of carbonyl (C=O) groups excluding carboxylic acids is 2. The van der Waals surface area contributed by atoms with Crippen LogP contribution in [0.2, 0.25) is 0 Å². The number of nitrogens with one attached hydrogen (secondary N) is 1. The Morgan fingerprint density at radius 1 is 1.13 bits per heavy atom. The number of ether oxygens (including phenoxy) is 4. The highest BCUT2D eigenvalue weighted by Gasteiger charge is 2.31. The van der Waals surface area contributed by atoms with Crippen molar-refractivity contribution in [3.05, 3.63) is 63.0 Å². The van der Waals surface area contributed by atoms with Crippen molar-refractivity contribution < 1.29 is 33.0 Å². The monoisotopic (exact) mass is 523 g/mol. The molecule has 0 saturated carbocycles. The summed E-state index contributed by atoms with van der Waals surface area (Å²) in [5.41, 5.74) is 1.58. The molecule has 3 aromatic rings. The first-order valence-corrected chi connectivity index (χ1v) is 12.5. The SMILES string of the molecule is COc1ccc(C(=O)OCC(C)NC(=O)Cc2c(C)c3c(OC)cc4c(c3oc2=O)CCC(C)(C)O4)cc1. The predicted molar refractivity (Wildman–Crippen MR) is 141 cm³/mol. The minimum Gasteiger partial charge on any atom is -0.497 e. The van der Waals surface area contributed by atoms with Gasteiger partial charge in [0.2, 0.25) is 5.91 Å². The summed E-state index contributed by atoms with van der Waals surface area (Å²) in [7, 11) is 3.08. The second-order valence-corrected chi connectivity index (χ2v) is 10.1. The van der Waals surface area contributed by atoms with E-state index in [0.29, 0.717) is 45.8 Å². The Morgan fingerprint density at radius 2 is 1.84 bits per heavy atom. The third kappa shape index (κ3) is 5.61. The zero-order valence-electron chi connectivity index (χ0n) is 22.6. The van der Waals surface area contributed by atoms with E-state index in [-0.39, 0.29) is 24.2 Å². The summed E-state index contributed by atoms with van der Waals surface area (Å²) in [5.74, 6) is 0.873. The molecule has 0 spiro atoms. The van der Waals surface area contributed by atoms with Crippen LogP contribution in [0.1, 0.15) is 54.2 Å². The lowest BCUT2D eigenvalue weighted by Gasteiger charge is -2.33. The van der Waals surface area contributed by atoms with Crippen LogP contribution in [0.15, 0.2) is 39.5 Å². The highest BCUT2D eigenvalue weighted by atomic mass is 16.5. The van der Waals surface area contributed by atoms with Gasteiger partial charge >= 0.3 is 11.6 Å². The summed E-state index contributed by atoms with van der Waals surface area (Å²) < 4.78 is 27.9. The molecule has 0 aliphatic carbocycles. The summed E-state index contributed by atoms with van der Waals surface area (Å²) >= 11 is 0. The van der Waals surface area contributed by atoms with Crippen molar-refractivity contribution in [1.29, 1.82) is 0 Å². The van der Waals surface area contributed by atoms with Gasteiger partial charge < -0.3 is 28.7 Å². The number of hydrogen-bond donors (Lipinski definition) is 1. The molecule has 202 valence electrons. The first-order valence-electron chi connectivity index (χ1n) is 12.5. The van der Waals surface area contributed by atoms with E-state index in [0.717, 1.165) is 12.0 Å². The maximum Gasteiger partial charge on any atom is 0.340 e. The molecule has 1 aliphatic rings. The second-order valence-electron chi connectivity index (χ2n) is 10.1. The van der Waals surface area contributed by atoms with E-state index in [9.17, 15) is 14.4 Å². The van der Waals surface area contributed by atoms with Crippen molar-refractivity contribution >= 4 is 22.8 Å². The highest BCUT2D eigenvalue weighted by Crippen LogP contribution is 2.43. The van der Waals surface area contributed by atoms with Crippen LogP contribution >= 0.6 is 0 Å². The summed E-state index contributed by atoms with van der Waals surface area (Å²) in [6, 6.07) is 7.87. The predicted octanol–water partition coefficient (Wildman–Crippen LogP) is 4.13. The van der Waals surface area contributed by atoms with Crippen LogP contribution in [0.4, 0.5) is 0 Å². The van der Waals surface area contributed by atoms with Gasteiger partial charge in [-0.15, -0.1) is 0 Å². The molecule has 9 heteroatoms. The molecular weight excluding hydrogens is 490 g/mol. The molecule has 1 atom stereocenters. The van der Waals surface area contributed by atoms with Crippen LogP contribution in [-0.4, -0.2) is 44.3 Å². The Hall–Kier alpha value is -4.01. The molecule has 0 bridgehead atoms. The molecule has 38 heavy (non-hydrogen) atoms. The lowest BCUT2D eigenvalue weighted by Crippen LogP contribution is -2.38. The largest absolute Gasteiger partial charge is 0.497 e. The highest BCUT2D eigenvalue weighted by molar-refractivity contribution is 5.93. The zero-order chi connectivity index (χ0) is 27.6. The maximum absolute atomic E-state index is 13.0. The van der Waals surface area contributed by atoms with E-state index >= 15 is 0 Å². The first kappa shape index (κ1) is 27.0. The van der Waals surface area contributed by atoms with Gasteiger partial charge in [-0.1, -0.05) is 0 Å². The molecule has 0 saturated heterocycles. The lowest BCUT2D eigenvalue weighted by atomic mass is 9.91. The Kier molecular flexibility index (Phi) is 7.66. The number of fused-ring (bicyclic) bond motifs is 3. The molecule has 4 rings (SSSR count). The quantitative estimate of drug-likeness (QED) is 0.346. The molecule has 0 fully saturated rings. The summed E-state index contributed by atoms with van der Waals surface area (Å²) in [6.07, 6.45) is 1.28. The van der Waals surface area contributed by atoms with Crippen LogP contribution in [0.25, 0.3) is 11.0 Å². The van der Waals surface area contributed by atoms with Crippen LogP contribution < -0.4 is 25.2 Å². The van der Waals surface area contributed by atoms with Crippen LogP contribution in [0.3, 0.4) is 0 Å². The van der Waals surface area contributed by atoms with Crippen molar-refractivity contribution in [2.24, 2.45) is 0 Å². The van der Waals surface area contributed by atoms with E-state index < -0.39 is 23.5 Å². The maximum atomic E-state index is 13.0. The fraction of sp³-hybridized carbons (Fsp3) is 0.414. The minimum atomic E-state index is -0.580. The third-order valence-corrected chi connectivity index (χ3v) is 6.69. The number of benzene rings is 2. The molecule has 2 heterocycles. The first-order chi connectivity index (χ1) is 18.0. The topological polar surface area (TPSA) is 113 Å². The third-order valence-electron chi connectivity index (χ3n) is 6.69. The normalized spacial score (nSPS) is 14.7. The number of hydrogen-bond acceptors (Lipinski definition) is 8. The van der Waals surface area contributed by atoms with E-state index in [4.69, 9.17) is 23.4 Å². The van der Waals surface area contributed by atoms with E-state index in [1.165, 1.54) is 0 Å². The molecular formula is C29H33NO8. The lowest BCUT2D eigenvalue weighted by molar-refractivity contribution is -0.121. The van der Waals surface area contributed by atoms with E-state index in [1.54, 1.807) is 52.3 Å². The van der Waals surface area contributed by atoms with Crippen molar-refractivity contribution in [3.63, 3.8) is 0 Å². The van der Waals surface area contributed by atoms with Crippen LogP contribution in [-0.2, 0) is 22.4 Å². The number of methoxy groups -OCH3 is 2. The molecule has 1 amide bonds. The van der Waals surface area contributed by atoms with Crippen LogP contribution in [0, 0.1) is 6.92 Å². The summed E-state index contributed by atoms with van der Waals surface area (Å²) in [6.45, 7) is 7.49. The number of rotatable bonds is 8. The zero-order valence-corrected chi connectivity index (χ0v) is 22.6. The van der Waals surface area contributed by atoms with Gasteiger partial charge in [0.15, 0.2) is 0 Å². The van der Waals surface area contributed by atoms with Gasteiger partial charge in [0.1, 0.15) is 35.0 Å². The van der Waals surface area contributed by atoms with Gasteiger partial charge in [-0.05, 0) is 70.4 Å². The van der Waals surface area contributed by atoms with Crippen molar-refractivity contribution in [2.75, 3.05) is 20.8 Å². The number of carbonyl (C=O) groups is 2. The standard InChI is InChI=1S/C29H33NO8/c1-16(15-36-27(32)18-7-9-19(34-5)10-8-18)30-24(31)13-21-17(2)25-23(35-6)14-22-20(26(25)37-28(21)33)11-12-29(3,4)38-22/h7-10,14,16H,11-13,15H2,1-6H3,(H,30,31). The number of amides is 1. The average Bonchev–Trinajstić information content (AvgIpc) is 2.88. The molecule has 1 N–H and O–H groups in total. The second kappa shape index (κ2) is 10.8. The summed E-state index contributed by atoms with van der Waals surface area (Å²) in [4.78, 5) is 38.1. The van der Waals surface area contributed by atoms with Crippen molar-refractivity contribution in [3.8, 4) is 17.2 Å². The van der Waals surface area contributed by atoms with Crippen molar-refractivity contribution in [1.82, 2.24) is 5.32 Å². The van der Waals surface area contributed by atoms with Gasteiger partial charge in [-0.3, -0.25) is 4.79 Å². The molecule has 1 unspecified atom stereocenters. The van der Waals surface area contributed by atoms with Crippen molar-refractivity contribution in [2.45, 2.75) is 58.6 Å².